The van der Waals surface area contributed by atoms with E-state index in [1.54, 1.807) is 17.3 Å². The van der Waals surface area contributed by atoms with Crippen LogP contribution < -0.4 is 0 Å². The molecule has 0 radical (unpaired) electrons. The molecule has 19 heavy (non-hydrogen) atoms. The molecule has 1 heterocycles. The van der Waals surface area contributed by atoms with Crippen molar-refractivity contribution in [2.75, 3.05) is 11.5 Å². The molecule has 0 saturated carbocycles. The van der Waals surface area contributed by atoms with E-state index in [2.05, 4.69) is 4.98 Å². The topological polar surface area (TPSA) is 70.5 Å². The Hall–Kier alpha value is -1.56. The number of amides is 1. The quantitative estimate of drug-likeness (QED) is 0.823. The fourth-order valence-electron chi connectivity index (χ4n) is 1.56. The van der Waals surface area contributed by atoms with Gasteiger partial charge in [-0.15, -0.1) is 11.8 Å². The number of nitrogens with zero attached hydrogens (tertiary/aromatic N) is 2. The summed E-state index contributed by atoms with van der Waals surface area (Å²) >= 11 is 1.12. The number of hydrogen-bond acceptors (Lipinski definition) is 4. The Balaban J connectivity index is 2.57. The molecular formula is C13H18N2O3S. The summed E-state index contributed by atoms with van der Waals surface area (Å²) < 4.78 is 0. The molecule has 6 heteroatoms. The lowest BCUT2D eigenvalue weighted by Crippen LogP contribution is -2.37. The standard InChI is InChI=1S/C13H18N2O3S/c1-10(2)15(7-11-4-3-5-14-6-11)12(16)8-19-9-13(17)18/h3-6,10H,7-9H2,1-2H3,(H,17,18). The molecule has 0 fully saturated rings. The van der Waals surface area contributed by atoms with Crippen molar-refractivity contribution in [2.45, 2.75) is 26.4 Å². The van der Waals surface area contributed by atoms with Crippen molar-refractivity contribution >= 4 is 23.6 Å². The number of aromatic nitrogens is 1. The third kappa shape index (κ3) is 5.74. The maximum Gasteiger partial charge on any atom is 0.313 e. The molecule has 0 aliphatic rings. The highest BCUT2D eigenvalue weighted by Crippen LogP contribution is 2.10. The van der Waals surface area contributed by atoms with Crippen molar-refractivity contribution in [3.05, 3.63) is 30.1 Å². The largest absolute Gasteiger partial charge is 0.481 e. The van der Waals surface area contributed by atoms with E-state index in [1.165, 1.54) is 0 Å². The smallest absolute Gasteiger partial charge is 0.313 e. The van der Waals surface area contributed by atoms with Crippen LogP contribution in [0.3, 0.4) is 0 Å². The number of carbonyl (C=O) groups is 2. The predicted molar refractivity (Wildman–Crippen MR) is 74.9 cm³/mol. The zero-order valence-electron chi connectivity index (χ0n) is 11.1. The second-order valence-electron chi connectivity index (χ2n) is 4.36. The second kappa shape index (κ2) is 7.78. The normalized spacial score (nSPS) is 10.5. The van der Waals surface area contributed by atoms with Gasteiger partial charge in [-0.3, -0.25) is 14.6 Å². The van der Waals surface area contributed by atoms with Gasteiger partial charge in [0.25, 0.3) is 0 Å². The average molecular weight is 282 g/mol. The van der Waals surface area contributed by atoms with Gasteiger partial charge in [-0.05, 0) is 25.5 Å². The van der Waals surface area contributed by atoms with Crippen LogP contribution in [0.4, 0.5) is 0 Å². The monoisotopic (exact) mass is 282 g/mol. The predicted octanol–water partition coefficient (Wildman–Crippen LogP) is 1.64. The maximum atomic E-state index is 12.1. The summed E-state index contributed by atoms with van der Waals surface area (Å²) in [6.07, 6.45) is 3.42. The maximum absolute atomic E-state index is 12.1. The number of carboxylic acids is 1. The molecule has 0 saturated heterocycles. The summed E-state index contributed by atoms with van der Waals surface area (Å²) in [5, 5.41) is 8.56. The molecule has 1 aromatic heterocycles. The average Bonchev–Trinajstić information content (AvgIpc) is 2.36. The zero-order valence-corrected chi connectivity index (χ0v) is 11.9. The Morgan fingerprint density at radius 3 is 2.68 bits per heavy atom. The molecule has 0 aliphatic heterocycles. The first kappa shape index (κ1) is 15.5. The fraction of sp³-hybridized carbons (Fsp3) is 0.462. The van der Waals surface area contributed by atoms with Crippen LogP contribution in [0.15, 0.2) is 24.5 Å². The van der Waals surface area contributed by atoms with Crippen LogP contribution in [-0.4, -0.2) is 44.4 Å². The lowest BCUT2D eigenvalue weighted by Gasteiger charge is -2.26. The van der Waals surface area contributed by atoms with Gasteiger partial charge >= 0.3 is 5.97 Å². The van der Waals surface area contributed by atoms with Gasteiger partial charge in [-0.25, -0.2) is 0 Å². The number of carbonyl (C=O) groups excluding carboxylic acids is 1. The minimum Gasteiger partial charge on any atom is -0.481 e. The van der Waals surface area contributed by atoms with Crippen LogP contribution in [0, 0.1) is 0 Å². The summed E-state index contributed by atoms with van der Waals surface area (Å²) in [7, 11) is 0. The van der Waals surface area contributed by atoms with Crippen molar-refractivity contribution in [1.29, 1.82) is 0 Å². The molecule has 0 aliphatic carbocycles. The van der Waals surface area contributed by atoms with Crippen LogP contribution >= 0.6 is 11.8 Å². The molecule has 0 bridgehead atoms. The number of thioether (sulfide) groups is 1. The molecule has 1 aromatic rings. The Bertz CT molecular complexity index is 423. The van der Waals surface area contributed by atoms with Gasteiger partial charge in [0.15, 0.2) is 0 Å². The molecule has 1 rings (SSSR count). The lowest BCUT2D eigenvalue weighted by molar-refractivity contribution is -0.133. The molecule has 1 amide bonds. The molecule has 104 valence electrons. The highest BCUT2D eigenvalue weighted by atomic mass is 32.2. The Morgan fingerprint density at radius 2 is 2.16 bits per heavy atom. The molecule has 0 aromatic carbocycles. The van der Waals surface area contributed by atoms with Gasteiger partial charge in [0.1, 0.15) is 0 Å². The number of pyridine rings is 1. The molecule has 0 spiro atoms. The van der Waals surface area contributed by atoms with Crippen LogP contribution in [0.2, 0.25) is 0 Å². The molecule has 5 nitrogen and oxygen atoms in total. The third-order valence-electron chi connectivity index (χ3n) is 2.47. The van der Waals surface area contributed by atoms with Crippen molar-refractivity contribution in [3.8, 4) is 0 Å². The van der Waals surface area contributed by atoms with Gasteiger partial charge in [0, 0.05) is 25.0 Å². The van der Waals surface area contributed by atoms with E-state index in [1.807, 2.05) is 26.0 Å². The van der Waals surface area contributed by atoms with E-state index >= 15 is 0 Å². The van der Waals surface area contributed by atoms with Crippen molar-refractivity contribution < 1.29 is 14.7 Å². The highest BCUT2D eigenvalue weighted by Gasteiger charge is 2.17. The fourth-order valence-corrected chi connectivity index (χ4v) is 2.17. The summed E-state index contributed by atoms with van der Waals surface area (Å²) in [6, 6.07) is 3.82. The van der Waals surface area contributed by atoms with Gasteiger partial charge in [0.2, 0.25) is 5.91 Å². The summed E-state index contributed by atoms with van der Waals surface area (Å²) in [4.78, 5) is 28.2. The first-order valence-electron chi connectivity index (χ1n) is 5.98. The summed E-state index contributed by atoms with van der Waals surface area (Å²) in [5.41, 5.74) is 0.966. The van der Waals surface area contributed by atoms with Gasteiger partial charge in [-0.1, -0.05) is 6.07 Å². The first-order valence-corrected chi connectivity index (χ1v) is 7.14. The van der Waals surface area contributed by atoms with Gasteiger partial charge in [0.05, 0.1) is 11.5 Å². The van der Waals surface area contributed by atoms with Gasteiger partial charge < -0.3 is 10.0 Å². The number of hydrogen-bond donors (Lipinski definition) is 1. The summed E-state index contributed by atoms with van der Waals surface area (Å²) in [6.45, 7) is 4.38. The molecule has 1 N–H and O–H groups in total. The van der Waals surface area contributed by atoms with Crippen LogP contribution in [0.1, 0.15) is 19.4 Å². The molecular weight excluding hydrogens is 264 g/mol. The molecule has 0 atom stereocenters. The van der Waals surface area contributed by atoms with Crippen molar-refractivity contribution in [1.82, 2.24) is 9.88 Å². The van der Waals surface area contributed by atoms with E-state index in [-0.39, 0.29) is 23.5 Å². The third-order valence-corrected chi connectivity index (χ3v) is 3.37. The van der Waals surface area contributed by atoms with E-state index in [9.17, 15) is 9.59 Å². The lowest BCUT2D eigenvalue weighted by atomic mass is 10.2. The van der Waals surface area contributed by atoms with Crippen LogP contribution in [-0.2, 0) is 16.1 Å². The van der Waals surface area contributed by atoms with E-state index < -0.39 is 5.97 Å². The number of rotatable bonds is 7. The SMILES string of the molecule is CC(C)N(Cc1cccnc1)C(=O)CSCC(=O)O. The van der Waals surface area contributed by atoms with E-state index in [4.69, 9.17) is 5.11 Å². The first-order chi connectivity index (χ1) is 9.00. The minimum absolute atomic E-state index is 0.0508. The highest BCUT2D eigenvalue weighted by molar-refractivity contribution is 8.00. The van der Waals surface area contributed by atoms with E-state index in [0.717, 1.165) is 17.3 Å². The van der Waals surface area contributed by atoms with Crippen molar-refractivity contribution in [2.24, 2.45) is 0 Å². The second-order valence-corrected chi connectivity index (χ2v) is 5.35. The Morgan fingerprint density at radius 1 is 1.42 bits per heavy atom. The van der Waals surface area contributed by atoms with Gasteiger partial charge in [-0.2, -0.15) is 0 Å². The minimum atomic E-state index is -0.902. The Labute approximate surface area is 117 Å². The summed E-state index contributed by atoms with van der Waals surface area (Å²) in [5.74, 6) is -0.818. The zero-order chi connectivity index (χ0) is 14.3. The number of aliphatic carboxylic acids is 1. The number of carboxylic acid groups (broad SMARTS) is 1. The van der Waals surface area contributed by atoms with Crippen LogP contribution in [0.5, 0.6) is 0 Å². The van der Waals surface area contributed by atoms with Crippen molar-refractivity contribution in [3.63, 3.8) is 0 Å². The van der Waals surface area contributed by atoms with E-state index in [0.29, 0.717) is 6.54 Å². The Kier molecular flexibility index (Phi) is 6.35. The van der Waals surface area contributed by atoms with Crippen LogP contribution in [0.25, 0.3) is 0 Å². The molecule has 0 unspecified atom stereocenters.